The van der Waals surface area contributed by atoms with E-state index in [-0.39, 0.29) is 11.8 Å². The van der Waals surface area contributed by atoms with Crippen LogP contribution in [0.1, 0.15) is 48.0 Å². The lowest BCUT2D eigenvalue weighted by atomic mass is 10.2. The zero-order valence-electron chi connectivity index (χ0n) is 16.5. The fourth-order valence-electron chi connectivity index (χ4n) is 1.69. The Hall–Kier alpha value is -1.99. The van der Waals surface area contributed by atoms with Crippen LogP contribution in [-0.2, 0) is 9.53 Å². The summed E-state index contributed by atoms with van der Waals surface area (Å²) in [5.41, 5.74) is -0.491. The molecule has 0 atom stereocenters. The number of rotatable bonds is 9. The molecule has 146 valence electrons. The lowest BCUT2D eigenvalue weighted by Gasteiger charge is -2.19. The monoisotopic (exact) mass is 357 g/mol. The largest absolute Gasteiger partial charge is 0.444 e. The molecule has 2 amide bonds. The minimum atomic E-state index is -0.491. The highest BCUT2D eigenvalue weighted by molar-refractivity contribution is 5.80. The molecule has 0 unspecified atom stereocenters. The van der Waals surface area contributed by atoms with Gasteiger partial charge in [-0.25, -0.2) is 4.79 Å². The smallest absolute Gasteiger partial charge is 0.407 e. The summed E-state index contributed by atoms with van der Waals surface area (Å²) >= 11 is 0. The Balaban J connectivity index is 3.99. The van der Waals surface area contributed by atoms with Gasteiger partial charge in [0.05, 0.1) is 0 Å². The molecule has 0 aliphatic rings. The average molecular weight is 357 g/mol. The number of nitrogens with one attached hydrogen (secondary N) is 4. The fourth-order valence-corrected chi connectivity index (χ4v) is 1.69. The van der Waals surface area contributed by atoms with Gasteiger partial charge in [0.15, 0.2) is 5.96 Å². The lowest BCUT2D eigenvalue weighted by molar-refractivity contribution is -0.123. The van der Waals surface area contributed by atoms with Crippen LogP contribution in [0.5, 0.6) is 0 Å². The van der Waals surface area contributed by atoms with E-state index in [1.54, 1.807) is 0 Å². The van der Waals surface area contributed by atoms with Crippen LogP contribution in [0.15, 0.2) is 4.99 Å². The molecule has 0 heterocycles. The predicted molar refractivity (Wildman–Crippen MR) is 101 cm³/mol. The summed E-state index contributed by atoms with van der Waals surface area (Å²) in [6.07, 6.45) is 0.294. The third-order valence-corrected chi connectivity index (χ3v) is 2.86. The van der Waals surface area contributed by atoms with Gasteiger partial charge in [-0.3, -0.25) is 9.79 Å². The SMILES string of the molecule is CCNC(=NCCCNC(=O)OC(C)(C)C)NCCNC(=O)C(C)C. The molecule has 0 aromatic rings. The Labute approximate surface area is 151 Å². The van der Waals surface area contributed by atoms with Crippen molar-refractivity contribution in [3.05, 3.63) is 0 Å². The van der Waals surface area contributed by atoms with E-state index in [0.717, 1.165) is 6.54 Å². The van der Waals surface area contributed by atoms with E-state index >= 15 is 0 Å². The van der Waals surface area contributed by atoms with Crippen LogP contribution in [0.2, 0.25) is 0 Å². The van der Waals surface area contributed by atoms with Gasteiger partial charge in [-0.1, -0.05) is 13.8 Å². The van der Waals surface area contributed by atoms with Crippen LogP contribution in [0.25, 0.3) is 0 Å². The average Bonchev–Trinajstić information content (AvgIpc) is 2.48. The van der Waals surface area contributed by atoms with E-state index in [1.165, 1.54) is 0 Å². The molecular formula is C17H35N5O3. The highest BCUT2D eigenvalue weighted by Gasteiger charge is 2.15. The second-order valence-corrected chi connectivity index (χ2v) is 6.92. The molecule has 0 aliphatic carbocycles. The predicted octanol–water partition coefficient (Wildman–Crippen LogP) is 1.23. The topological polar surface area (TPSA) is 104 Å². The molecule has 0 spiro atoms. The number of hydrogen-bond donors (Lipinski definition) is 4. The van der Waals surface area contributed by atoms with E-state index in [4.69, 9.17) is 4.74 Å². The molecule has 8 nitrogen and oxygen atoms in total. The number of aliphatic imine (C=N–C) groups is 1. The zero-order chi connectivity index (χ0) is 19.3. The molecule has 0 aromatic heterocycles. The van der Waals surface area contributed by atoms with E-state index < -0.39 is 11.7 Å². The van der Waals surface area contributed by atoms with Crippen molar-refractivity contribution < 1.29 is 14.3 Å². The van der Waals surface area contributed by atoms with Gasteiger partial charge in [0, 0.05) is 38.6 Å². The number of carbonyl (C=O) groups is 2. The number of hydrogen-bond acceptors (Lipinski definition) is 4. The number of ether oxygens (including phenoxy) is 1. The quantitative estimate of drug-likeness (QED) is 0.282. The van der Waals surface area contributed by atoms with Gasteiger partial charge in [0.25, 0.3) is 0 Å². The van der Waals surface area contributed by atoms with Crippen molar-refractivity contribution in [2.24, 2.45) is 10.9 Å². The molecule has 0 aromatic carbocycles. The van der Waals surface area contributed by atoms with Crippen molar-refractivity contribution >= 4 is 18.0 Å². The molecule has 25 heavy (non-hydrogen) atoms. The van der Waals surface area contributed by atoms with E-state index in [9.17, 15) is 9.59 Å². The number of guanidine groups is 1. The molecule has 0 bridgehead atoms. The number of carbonyl (C=O) groups excluding carboxylic acids is 2. The first kappa shape index (κ1) is 23.0. The summed E-state index contributed by atoms with van der Waals surface area (Å²) in [6.45, 7) is 14.2. The Morgan fingerprint density at radius 1 is 1.00 bits per heavy atom. The highest BCUT2D eigenvalue weighted by atomic mass is 16.6. The molecule has 0 aliphatic heterocycles. The first-order chi connectivity index (χ1) is 11.7. The maximum atomic E-state index is 11.5. The first-order valence-corrected chi connectivity index (χ1v) is 8.92. The Morgan fingerprint density at radius 2 is 1.64 bits per heavy atom. The van der Waals surface area contributed by atoms with Crippen LogP contribution in [-0.4, -0.2) is 56.3 Å². The van der Waals surface area contributed by atoms with E-state index in [2.05, 4.69) is 26.3 Å². The van der Waals surface area contributed by atoms with Crippen LogP contribution < -0.4 is 21.3 Å². The van der Waals surface area contributed by atoms with Crippen molar-refractivity contribution in [1.29, 1.82) is 0 Å². The van der Waals surface area contributed by atoms with Crippen molar-refractivity contribution in [2.45, 2.75) is 53.6 Å². The first-order valence-electron chi connectivity index (χ1n) is 8.92. The minimum Gasteiger partial charge on any atom is -0.444 e. The molecule has 0 radical (unpaired) electrons. The molecular weight excluding hydrogens is 322 g/mol. The third-order valence-electron chi connectivity index (χ3n) is 2.86. The van der Waals surface area contributed by atoms with Gasteiger partial charge in [0.2, 0.25) is 5.91 Å². The third kappa shape index (κ3) is 14.1. The Bertz CT molecular complexity index is 430. The van der Waals surface area contributed by atoms with Gasteiger partial charge in [-0.2, -0.15) is 0 Å². The minimum absolute atomic E-state index is 0.0145. The molecule has 0 fully saturated rings. The second kappa shape index (κ2) is 12.4. The summed E-state index contributed by atoms with van der Waals surface area (Å²) < 4.78 is 5.16. The van der Waals surface area contributed by atoms with Crippen molar-refractivity contribution in [3.63, 3.8) is 0 Å². The summed E-state index contributed by atoms with van der Waals surface area (Å²) in [5.74, 6) is 0.717. The summed E-state index contributed by atoms with van der Waals surface area (Å²) in [7, 11) is 0. The summed E-state index contributed by atoms with van der Waals surface area (Å²) in [6, 6.07) is 0. The van der Waals surface area contributed by atoms with Crippen molar-refractivity contribution in [1.82, 2.24) is 21.3 Å². The zero-order valence-corrected chi connectivity index (χ0v) is 16.5. The van der Waals surface area contributed by atoms with Crippen molar-refractivity contribution in [2.75, 3.05) is 32.7 Å². The van der Waals surface area contributed by atoms with Gasteiger partial charge in [-0.05, 0) is 34.1 Å². The van der Waals surface area contributed by atoms with E-state index in [1.807, 2.05) is 41.5 Å². The number of amides is 2. The van der Waals surface area contributed by atoms with E-state index in [0.29, 0.717) is 38.6 Å². The standard InChI is InChI=1S/C17H35N5O3/c1-7-18-15(21-12-11-19-14(23)13(2)3)20-9-8-10-22-16(24)25-17(4,5)6/h13H,7-12H2,1-6H3,(H,19,23)(H,22,24)(H2,18,20,21). The lowest BCUT2D eigenvalue weighted by Crippen LogP contribution is -2.42. The number of nitrogens with zero attached hydrogens (tertiary/aromatic N) is 1. The Morgan fingerprint density at radius 3 is 2.20 bits per heavy atom. The van der Waals surface area contributed by atoms with Crippen LogP contribution in [0, 0.1) is 5.92 Å². The maximum absolute atomic E-state index is 11.5. The van der Waals surface area contributed by atoms with Crippen LogP contribution in [0.4, 0.5) is 4.79 Å². The highest BCUT2D eigenvalue weighted by Crippen LogP contribution is 2.06. The molecule has 0 saturated heterocycles. The maximum Gasteiger partial charge on any atom is 0.407 e. The summed E-state index contributed by atoms with van der Waals surface area (Å²) in [4.78, 5) is 27.4. The van der Waals surface area contributed by atoms with Gasteiger partial charge < -0.3 is 26.0 Å². The van der Waals surface area contributed by atoms with Gasteiger partial charge in [0.1, 0.15) is 5.60 Å². The fraction of sp³-hybridized carbons (Fsp3) is 0.824. The second-order valence-electron chi connectivity index (χ2n) is 6.92. The molecule has 8 heteroatoms. The molecule has 0 saturated carbocycles. The molecule has 4 N–H and O–H groups in total. The van der Waals surface area contributed by atoms with Gasteiger partial charge in [-0.15, -0.1) is 0 Å². The molecule has 0 rings (SSSR count). The van der Waals surface area contributed by atoms with Crippen molar-refractivity contribution in [3.8, 4) is 0 Å². The van der Waals surface area contributed by atoms with Crippen LogP contribution in [0.3, 0.4) is 0 Å². The number of alkyl carbamates (subject to hydrolysis) is 1. The van der Waals surface area contributed by atoms with Crippen LogP contribution >= 0.6 is 0 Å². The Kier molecular flexibility index (Phi) is 11.4. The van der Waals surface area contributed by atoms with Gasteiger partial charge >= 0.3 is 6.09 Å². The summed E-state index contributed by atoms with van der Waals surface area (Å²) in [5, 5.41) is 11.8. The normalized spacial score (nSPS) is 11.9.